The topological polar surface area (TPSA) is 31.4 Å². The van der Waals surface area contributed by atoms with Crippen molar-refractivity contribution in [3.05, 3.63) is 52.2 Å². The third kappa shape index (κ3) is 4.20. The first-order valence-corrected chi connectivity index (χ1v) is 6.53. The van der Waals surface area contributed by atoms with Gasteiger partial charge in [-0.15, -0.1) is 0 Å². The van der Waals surface area contributed by atoms with E-state index in [0.29, 0.717) is 24.0 Å². The molecule has 0 saturated carbocycles. The number of hydrogen-bond donors (Lipinski definition) is 0. The van der Waals surface area contributed by atoms with Gasteiger partial charge >= 0.3 is 0 Å². The average molecular weight is 329 g/mol. The van der Waals surface area contributed by atoms with E-state index in [4.69, 9.17) is 21.1 Å². The number of nitrogens with zero attached hydrogens (tertiary/aromatic N) is 1. The molecule has 0 bridgehead atoms. The van der Waals surface area contributed by atoms with Crippen LogP contribution in [0.15, 0.2) is 47.2 Å². The van der Waals surface area contributed by atoms with Gasteiger partial charge in [-0.3, -0.25) is 4.98 Å². The highest BCUT2D eigenvalue weighted by molar-refractivity contribution is 9.10. The SMILES string of the molecule is Clc1cncc(OCCOc2cccc(Br)c2)c1. The van der Waals surface area contributed by atoms with Crippen LogP contribution in [0, 0.1) is 0 Å². The van der Waals surface area contributed by atoms with Crippen molar-refractivity contribution >= 4 is 27.5 Å². The third-order valence-electron chi connectivity index (χ3n) is 2.10. The molecule has 0 saturated heterocycles. The minimum Gasteiger partial charge on any atom is -0.490 e. The Morgan fingerprint density at radius 1 is 1.06 bits per heavy atom. The van der Waals surface area contributed by atoms with Crippen molar-refractivity contribution in [3.63, 3.8) is 0 Å². The van der Waals surface area contributed by atoms with Crippen LogP contribution >= 0.6 is 27.5 Å². The lowest BCUT2D eigenvalue weighted by atomic mass is 10.3. The summed E-state index contributed by atoms with van der Waals surface area (Å²) in [5, 5.41) is 0.556. The molecule has 0 amide bonds. The Morgan fingerprint density at radius 2 is 1.83 bits per heavy atom. The molecule has 0 unspecified atom stereocenters. The summed E-state index contributed by atoms with van der Waals surface area (Å²) in [5.74, 6) is 1.44. The van der Waals surface area contributed by atoms with Gasteiger partial charge in [0.25, 0.3) is 0 Å². The van der Waals surface area contributed by atoms with Crippen LogP contribution in [0.3, 0.4) is 0 Å². The van der Waals surface area contributed by atoms with E-state index in [1.54, 1.807) is 18.5 Å². The van der Waals surface area contributed by atoms with Gasteiger partial charge in [-0.25, -0.2) is 0 Å². The molecule has 2 aromatic rings. The highest BCUT2D eigenvalue weighted by Gasteiger charge is 1.97. The summed E-state index contributed by atoms with van der Waals surface area (Å²) in [6, 6.07) is 9.38. The molecular weight excluding hydrogens is 318 g/mol. The third-order valence-corrected chi connectivity index (χ3v) is 2.80. The van der Waals surface area contributed by atoms with E-state index in [9.17, 15) is 0 Å². The molecule has 1 heterocycles. The minimum atomic E-state index is 0.439. The summed E-state index contributed by atoms with van der Waals surface area (Å²) >= 11 is 9.17. The van der Waals surface area contributed by atoms with Crippen molar-refractivity contribution in [2.24, 2.45) is 0 Å². The molecular formula is C13H11BrClNO2. The van der Waals surface area contributed by atoms with E-state index in [1.165, 1.54) is 0 Å². The maximum atomic E-state index is 5.79. The van der Waals surface area contributed by atoms with Crippen LogP contribution in [0.25, 0.3) is 0 Å². The Labute approximate surface area is 119 Å². The van der Waals surface area contributed by atoms with Crippen LogP contribution in [0.5, 0.6) is 11.5 Å². The molecule has 1 aromatic heterocycles. The monoisotopic (exact) mass is 327 g/mol. The Morgan fingerprint density at radius 3 is 2.56 bits per heavy atom. The molecule has 94 valence electrons. The molecule has 1 aromatic carbocycles. The maximum absolute atomic E-state index is 5.79. The van der Waals surface area contributed by atoms with E-state index >= 15 is 0 Å². The number of benzene rings is 1. The zero-order valence-electron chi connectivity index (χ0n) is 9.48. The van der Waals surface area contributed by atoms with Gasteiger partial charge < -0.3 is 9.47 Å². The highest BCUT2D eigenvalue weighted by atomic mass is 79.9. The number of aromatic nitrogens is 1. The molecule has 2 rings (SSSR count). The van der Waals surface area contributed by atoms with Crippen LogP contribution in [0.2, 0.25) is 5.02 Å². The summed E-state index contributed by atoms with van der Waals surface area (Å²) in [7, 11) is 0. The van der Waals surface area contributed by atoms with E-state index < -0.39 is 0 Å². The fraction of sp³-hybridized carbons (Fsp3) is 0.154. The zero-order chi connectivity index (χ0) is 12.8. The van der Waals surface area contributed by atoms with Gasteiger partial charge in [0.2, 0.25) is 0 Å². The van der Waals surface area contributed by atoms with Crippen molar-refractivity contribution < 1.29 is 9.47 Å². The predicted octanol–water partition coefficient (Wildman–Crippen LogP) is 3.96. The second-order valence-electron chi connectivity index (χ2n) is 3.49. The van der Waals surface area contributed by atoms with E-state index in [1.807, 2.05) is 24.3 Å². The first kappa shape index (κ1) is 13.2. The van der Waals surface area contributed by atoms with Gasteiger partial charge in [0, 0.05) is 16.7 Å². The van der Waals surface area contributed by atoms with Crippen LogP contribution < -0.4 is 9.47 Å². The van der Waals surface area contributed by atoms with Gasteiger partial charge in [0.1, 0.15) is 24.7 Å². The Bertz CT molecular complexity index is 474. The zero-order valence-corrected chi connectivity index (χ0v) is 11.8. The number of pyridine rings is 1. The minimum absolute atomic E-state index is 0.439. The molecule has 0 spiro atoms. The maximum Gasteiger partial charge on any atom is 0.139 e. The van der Waals surface area contributed by atoms with Crippen LogP contribution in [0.4, 0.5) is 0 Å². The summed E-state index contributed by atoms with van der Waals surface area (Å²) in [6.07, 6.45) is 3.18. The molecule has 0 atom stereocenters. The van der Waals surface area contributed by atoms with Gasteiger partial charge in [-0.05, 0) is 18.2 Å². The van der Waals surface area contributed by atoms with Gasteiger partial charge in [-0.1, -0.05) is 33.6 Å². The number of ether oxygens (including phenoxy) is 2. The number of hydrogen-bond acceptors (Lipinski definition) is 3. The fourth-order valence-electron chi connectivity index (χ4n) is 1.35. The molecule has 5 heteroatoms. The quantitative estimate of drug-likeness (QED) is 0.779. The molecule has 0 aliphatic rings. The average Bonchev–Trinajstić information content (AvgIpc) is 2.35. The molecule has 0 fully saturated rings. The second-order valence-corrected chi connectivity index (χ2v) is 4.85. The largest absolute Gasteiger partial charge is 0.490 e. The van der Waals surface area contributed by atoms with Crippen LogP contribution in [0.1, 0.15) is 0 Å². The summed E-state index contributed by atoms with van der Waals surface area (Å²) in [5.41, 5.74) is 0. The standard InChI is InChI=1S/C13H11BrClNO2/c14-10-2-1-3-12(6-10)17-4-5-18-13-7-11(15)8-16-9-13/h1-3,6-9H,4-5H2. The van der Waals surface area contributed by atoms with Crippen molar-refractivity contribution in [2.75, 3.05) is 13.2 Å². The molecule has 0 aliphatic heterocycles. The number of rotatable bonds is 5. The number of halogens is 2. The van der Waals surface area contributed by atoms with Crippen LogP contribution in [-0.4, -0.2) is 18.2 Å². The van der Waals surface area contributed by atoms with Crippen molar-refractivity contribution in [1.29, 1.82) is 0 Å². The normalized spacial score (nSPS) is 10.1. The lowest BCUT2D eigenvalue weighted by Gasteiger charge is -2.08. The van der Waals surface area contributed by atoms with E-state index in [-0.39, 0.29) is 0 Å². The lowest BCUT2D eigenvalue weighted by Crippen LogP contribution is -2.09. The first-order valence-electron chi connectivity index (χ1n) is 5.36. The predicted molar refractivity (Wildman–Crippen MR) is 74.4 cm³/mol. The van der Waals surface area contributed by atoms with E-state index in [0.717, 1.165) is 10.2 Å². The summed E-state index contributed by atoms with van der Waals surface area (Å²) < 4.78 is 12.0. The fourth-order valence-corrected chi connectivity index (χ4v) is 1.89. The smallest absolute Gasteiger partial charge is 0.139 e. The molecule has 3 nitrogen and oxygen atoms in total. The van der Waals surface area contributed by atoms with Crippen molar-refractivity contribution in [2.45, 2.75) is 0 Å². The Kier molecular flexibility index (Phi) is 4.84. The van der Waals surface area contributed by atoms with Gasteiger partial charge in [0.05, 0.1) is 11.2 Å². The van der Waals surface area contributed by atoms with Crippen LogP contribution in [-0.2, 0) is 0 Å². The van der Waals surface area contributed by atoms with Gasteiger partial charge in [-0.2, -0.15) is 0 Å². The van der Waals surface area contributed by atoms with E-state index in [2.05, 4.69) is 20.9 Å². The summed E-state index contributed by atoms with van der Waals surface area (Å²) in [6.45, 7) is 0.900. The second kappa shape index (κ2) is 6.61. The van der Waals surface area contributed by atoms with Crippen molar-refractivity contribution in [3.8, 4) is 11.5 Å². The summed E-state index contributed by atoms with van der Waals surface area (Å²) in [4.78, 5) is 3.93. The molecule has 18 heavy (non-hydrogen) atoms. The lowest BCUT2D eigenvalue weighted by molar-refractivity contribution is 0.216. The highest BCUT2D eigenvalue weighted by Crippen LogP contribution is 2.18. The Balaban J connectivity index is 1.76. The molecule has 0 aliphatic carbocycles. The van der Waals surface area contributed by atoms with Gasteiger partial charge in [0.15, 0.2) is 0 Å². The molecule has 0 radical (unpaired) electrons. The first-order chi connectivity index (χ1) is 8.74. The van der Waals surface area contributed by atoms with Crippen molar-refractivity contribution in [1.82, 2.24) is 4.98 Å². The Hall–Kier alpha value is -1.26. The molecule has 0 N–H and O–H groups in total.